The first-order chi connectivity index (χ1) is 8.11. The lowest BCUT2D eigenvalue weighted by Crippen LogP contribution is -1.89. The summed E-state index contributed by atoms with van der Waals surface area (Å²) in [5.41, 5.74) is 2.78. The minimum absolute atomic E-state index is 0.160. The first-order valence-corrected chi connectivity index (χ1v) is 6.30. The Morgan fingerprint density at radius 2 is 1.76 bits per heavy atom. The SMILES string of the molecule is COc1ccc(-c2cc(C)c(F)cc2I)cc1. The average molecular weight is 342 g/mol. The van der Waals surface area contributed by atoms with Crippen LogP contribution in [0.15, 0.2) is 36.4 Å². The topological polar surface area (TPSA) is 9.23 Å². The second kappa shape index (κ2) is 5.04. The fraction of sp³-hybridized carbons (Fsp3) is 0.143. The third-order valence-corrected chi connectivity index (χ3v) is 3.54. The maximum atomic E-state index is 13.4. The summed E-state index contributed by atoms with van der Waals surface area (Å²) >= 11 is 2.15. The van der Waals surface area contributed by atoms with Gasteiger partial charge in [-0.25, -0.2) is 4.39 Å². The number of halogens is 2. The van der Waals surface area contributed by atoms with Gasteiger partial charge in [-0.05, 0) is 70.5 Å². The van der Waals surface area contributed by atoms with Gasteiger partial charge in [-0.15, -0.1) is 0 Å². The van der Waals surface area contributed by atoms with E-state index >= 15 is 0 Å². The molecule has 0 aliphatic carbocycles. The van der Waals surface area contributed by atoms with Gasteiger partial charge in [0.05, 0.1) is 7.11 Å². The maximum absolute atomic E-state index is 13.4. The van der Waals surface area contributed by atoms with E-state index in [1.54, 1.807) is 20.1 Å². The normalized spacial score (nSPS) is 10.4. The summed E-state index contributed by atoms with van der Waals surface area (Å²) in [6, 6.07) is 11.2. The van der Waals surface area contributed by atoms with Crippen molar-refractivity contribution in [1.29, 1.82) is 0 Å². The lowest BCUT2D eigenvalue weighted by atomic mass is 10.0. The molecule has 17 heavy (non-hydrogen) atoms. The van der Waals surface area contributed by atoms with Gasteiger partial charge in [0.25, 0.3) is 0 Å². The molecule has 1 nitrogen and oxygen atoms in total. The average Bonchev–Trinajstić information content (AvgIpc) is 2.34. The zero-order valence-corrected chi connectivity index (χ0v) is 11.8. The molecule has 0 bridgehead atoms. The van der Waals surface area contributed by atoms with Crippen molar-refractivity contribution in [2.75, 3.05) is 7.11 Å². The highest BCUT2D eigenvalue weighted by molar-refractivity contribution is 14.1. The summed E-state index contributed by atoms with van der Waals surface area (Å²) in [4.78, 5) is 0. The number of rotatable bonds is 2. The molecule has 0 amide bonds. The minimum atomic E-state index is -0.160. The van der Waals surface area contributed by atoms with Crippen molar-refractivity contribution in [1.82, 2.24) is 0 Å². The molecule has 0 N–H and O–H groups in total. The van der Waals surface area contributed by atoms with Crippen molar-refractivity contribution in [3.63, 3.8) is 0 Å². The Hall–Kier alpha value is -1.10. The fourth-order valence-corrected chi connectivity index (χ4v) is 2.39. The van der Waals surface area contributed by atoms with E-state index in [4.69, 9.17) is 4.74 Å². The molecule has 0 atom stereocenters. The van der Waals surface area contributed by atoms with E-state index < -0.39 is 0 Å². The molecule has 0 saturated carbocycles. The number of hydrogen-bond donors (Lipinski definition) is 0. The molecule has 0 aromatic heterocycles. The number of methoxy groups -OCH3 is 1. The highest BCUT2D eigenvalue weighted by Crippen LogP contribution is 2.29. The van der Waals surface area contributed by atoms with Gasteiger partial charge in [0.15, 0.2) is 0 Å². The zero-order chi connectivity index (χ0) is 12.4. The second-order valence-electron chi connectivity index (χ2n) is 3.81. The molecule has 3 heteroatoms. The Bertz CT molecular complexity index is 535. The fourth-order valence-electron chi connectivity index (χ4n) is 1.65. The monoisotopic (exact) mass is 342 g/mol. The summed E-state index contributed by atoms with van der Waals surface area (Å²) < 4.78 is 19.4. The lowest BCUT2D eigenvalue weighted by molar-refractivity contribution is 0.415. The van der Waals surface area contributed by atoms with Crippen LogP contribution < -0.4 is 4.74 Å². The summed E-state index contributed by atoms with van der Waals surface area (Å²) in [6.07, 6.45) is 0. The van der Waals surface area contributed by atoms with Crippen LogP contribution in [0, 0.1) is 16.3 Å². The molecule has 0 aliphatic rings. The third kappa shape index (κ3) is 2.60. The highest BCUT2D eigenvalue weighted by Gasteiger charge is 2.07. The van der Waals surface area contributed by atoms with E-state index in [1.165, 1.54) is 0 Å². The first kappa shape index (κ1) is 12.4. The summed E-state index contributed by atoms with van der Waals surface area (Å²) in [5.74, 6) is 0.661. The third-order valence-electron chi connectivity index (χ3n) is 2.65. The zero-order valence-electron chi connectivity index (χ0n) is 9.63. The van der Waals surface area contributed by atoms with Crippen molar-refractivity contribution in [3.05, 3.63) is 51.3 Å². The molecule has 0 unspecified atom stereocenters. The molecule has 0 saturated heterocycles. The molecule has 0 heterocycles. The van der Waals surface area contributed by atoms with Gasteiger partial charge in [-0.2, -0.15) is 0 Å². The predicted octanol–water partition coefficient (Wildman–Crippen LogP) is 4.41. The van der Waals surface area contributed by atoms with Crippen LogP contribution >= 0.6 is 22.6 Å². The van der Waals surface area contributed by atoms with Crippen LogP contribution in [-0.4, -0.2) is 7.11 Å². The Morgan fingerprint density at radius 1 is 1.12 bits per heavy atom. The smallest absolute Gasteiger partial charge is 0.127 e. The van der Waals surface area contributed by atoms with E-state index in [9.17, 15) is 4.39 Å². The predicted molar refractivity (Wildman–Crippen MR) is 75.8 cm³/mol. The Labute approximate surface area is 114 Å². The largest absolute Gasteiger partial charge is 0.497 e. The van der Waals surface area contributed by atoms with Crippen molar-refractivity contribution < 1.29 is 9.13 Å². The van der Waals surface area contributed by atoms with Crippen LogP contribution in [-0.2, 0) is 0 Å². The second-order valence-corrected chi connectivity index (χ2v) is 4.97. The van der Waals surface area contributed by atoms with Crippen LogP contribution in [0.2, 0.25) is 0 Å². The highest BCUT2D eigenvalue weighted by atomic mass is 127. The van der Waals surface area contributed by atoms with Gasteiger partial charge in [-0.1, -0.05) is 12.1 Å². The van der Waals surface area contributed by atoms with E-state index in [0.717, 1.165) is 20.4 Å². The summed E-state index contributed by atoms with van der Waals surface area (Å²) in [7, 11) is 1.64. The van der Waals surface area contributed by atoms with Gasteiger partial charge in [0.2, 0.25) is 0 Å². The van der Waals surface area contributed by atoms with Gasteiger partial charge in [-0.3, -0.25) is 0 Å². The molecule has 0 spiro atoms. The maximum Gasteiger partial charge on any atom is 0.127 e. The number of ether oxygens (including phenoxy) is 1. The standard InChI is InChI=1S/C14H12FIO/c1-9-7-12(14(16)8-13(9)15)10-3-5-11(17-2)6-4-10/h3-8H,1-2H3. The quantitative estimate of drug-likeness (QED) is 0.735. The van der Waals surface area contributed by atoms with Crippen LogP contribution in [0.5, 0.6) is 5.75 Å². The Balaban J connectivity index is 2.48. The van der Waals surface area contributed by atoms with E-state index in [1.807, 2.05) is 30.3 Å². The summed E-state index contributed by atoms with van der Waals surface area (Å²) in [6.45, 7) is 1.78. The molecular formula is C14H12FIO. The van der Waals surface area contributed by atoms with Crippen molar-refractivity contribution in [2.24, 2.45) is 0 Å². The van der Waals surface area contributed by atoms with Gasteiger partial charge >= 0.3 is 0 Å². The number of benzene rings is 2. The van der Waals surface area contributed by atoms with Crippen molar-refractivity contribution in [3.8, 4) is 16.9 Å². The molecular weight excluding hydrogens is 330 g/mol. The molecule has 2 rings (SSSR count). The van der Waals surface area contributed by atoms with Gasteiger partial charge in [0, 0.05) is 3.57 Å². The van der Waals surface area contributed by atoms with Crippen LogP contribution in [0.4, 0.5) is 4.39 Å². The molecule has 2 aromatic rings. The van der Waals surface area contributed by atoms with Gasteiger partial charge in [0.1, 0.15) is 11.6 Å². The molecule has 2 aromatic carbocycles. The number of aryl methyl sites for hydroxylation is 1. The van der Waals surface area contributed by atoms with E-state index in [-0.39, 0.29) is 5.82 Å². The van der Waals surface area contributed by atoms with E-state index in [0.29, 0.717) is 5.56 Å². The van der Waals surface area contributed by atoms with Gasteiger partial charge < -0.3 is 4.74 Å². The molecule has 0 aliphatic heterocycles. The Kier molecular flexibility index (Phi) is 3.66. The molecule has 0 radical (unpaired) electrons. The number of hydrogen-bond acceptors (Lipinski definition) is 1. The van der Waals surface area contributed by atoms with Crippen LogP contribution in [0.25, 0.3) is 11.1 Å². The molecule has 88 valence electrons. The van der Waals surface area contributed by atoms with Crippen molar-refractivity contribution >= 4 is 22.6 Å². The van der Waals surface area contributed by atoms with Crippen molar-refractivity contribution in [2.45, 2.75) is 6.92 Å². The van der Waals surface area contributed by atoms with Crippen LogP contribution in [0.3, 0.4) is 0 Å². The first-order valence-electron chi connectivity index (χ1n) is 5.22. The summed E-state index contributed by atoms with van der Waals surface area (Å²) in [5, 5.41) is 0. The van der Waals surface area contributed by atoms with E-state index in [2.05, 4.69) is 22.6 Å². The Morgan fingerprint density at radius 3 is 2.35 bits per heavy atom. The molecule has 0 fully saturated rings. The van der Waals surface area contributed by atoms with Crippen LogP contribution in [0.1, 0.15) is 5.56 Å². The minimum Gasteiger partial charge on any atom is -0.497 e. The lowest BCUT2D eigenvalue weighted by Gasteiger charge is -2.08.